The SMILES string of the molecule is Cc1ccc(Oc2ccc(Cl)cc2NC(=O)CN(C)S(=O)(=O)c2cccs2)cc1. The molecule has 0 spiro atoms. The molecule has 29 heavy (non-hydrogen) atoms. The van der Waals surface area contributed by atoms with Crippen molar-refractivity contribution in [3.8, 4) is 11.5 Å². The number of amides is 1. The third-order valence-corrected chi connectivity index (χ3v) is 7.40. The summed E-state index contributed by atoms with van der Waals surface area (Å²) in [5.74, 6) is 0.491. The van der Waals surface area contributed by atoms with Crippen LogP contribution in [0.4, 0.5) is 5.69 Å². The zero-order valence-corrected chi connectivity index (χ0v) is 18.1. The lowest BCUT2D eigenvalue weighted by atomic mass is 10.2. The molecule has 0 bridgehead atoms. The number of halogens is 1. The minimum atomic E-state index is -3.72. The standard InChI is InChI=1S/C20H19ClN2O4S2/c1-14-5-8-16(9-6-14)27-18-10-7-15(21)12-17(18)22-19(24)13-23(2)29(25,26)20-4-3-11-28-20/h3-12H,13H2,1-2H3,(H,22,24). The largest absolute Gasteiger partial charge is 0.455 e. The number of hydrogen-bond acceptors (Lipinski definition) is 5. The van der Waals surface area contributed by atoms with Crippen molar-refractivity contribution < 1.29 is 17.9 Å². The summed E-state index contributed by atoms with van der Waals surface area (Å²) in [6.45, 7) is 1.62. The summed E-state index contributed by atoms with van der Waals surface area (Å²) in [4.78, 5) is 12.5. The number of sulfonamides is 1. The van der Waals surface area contributed by atoms with E-state index in [1.807, 2.05) is 31.2 Å². The summed E-state index contributed by atoms with van der Waals surface area (Å²) < 4.78 is 32.0. The molecule has 3 rings (SSSR count). The molecule has 0 saturated carbocycles. The third kappa shape index (κ3) is 5.36. The summed E-state index contributed by atoms with van der Waals surface area (Å²) >= 11 is 7.16. The number of nitrogens with zero attached hydrogens (tertiary/aromatic N) is 1. The first-order valence-electron chi connectivity index (χ1n) is 8.59. The number of nitrogens with one attached hydrogen (secondary N) is 1. The van der Waals surface area contributed by atoms with Crippen molar-refractivity contribution in [3.05, 3.63) is 70.6 Å². The molecule has 0 aliphatic heterocycles. The molecule has 6 nitrogen and oxygen atoms in total. The fourth-order valence-corrected chi connectivity index (χ4v) is 4.96. The number of likely N-dealkylation sites (N-methyl/N-ethyl adjacent to an activating group) is 1. The van der Waals surface area contributed by atoms with Crippen molar-refractivity contribution >= 4 is 44.6 Å². The van der Waals surface area contributed by atoms with E-state index in [1.165, 1.54) is 13.1 Å². The Balaban J connectivity index is 1.74. The zero-order chi connectivity index (χ0) is 21.0. The Kier molecular flexibility index (Phi) is 6.59. The van der Waals surface area contributed by atoms with Crippen molar-refractivity contribution in [2.24, 2.45) is 0 Å². The van der Waals surface area contributed by atoms with Gasteiger partial charge in [0.25, 0.3) is 10.0 Å². The van der Waals surface area contributed by atoms with E-state index in [2.05, 4.69) is 5.32 Å². The maximum Gasteiger partial charge on any atom is 0.252 e. The van der Waals surface area contributed by atoms with Crippen LogP contribution in [0.2, 0.25) is 5.02 Å². The normalized spacial score (nSPS) is 11.4. The number of benzene rings is 2. The van der Waals surface area contributed by atoms with Gasteiger partial charge in [-0.1, -0.05) is 35.4 Å². The predicted molar refractivity (Wildman–Crippen MR) is 115 cm³/mol. The van der Waals surface area contributed by atoms with Gasteiger partial charge in [0.15, 0.2) is 5.75 Å². The molecule has 0 saturated heterocycles. The van der Waals surface area contributed by atoms with Gasteiger partial charge < -0.3 is 10.1 Å². The molecule has 0 atom stereocenters. The Morgan fingerprint density at radius 3 is 2.55 bits per heavy atom. The van der Waals surface area contributed by atoms with Crippen LogP contribution in [0.5, 0.6) is 11.5 Å². The first kappa shape index (κ1) is 21.3. The van der Waals surface area contributed by atoms with Gasteiger partial charge >= 0.3 is 0 Å². The Morgan fingerprint density at radius 1 is 1.17 bits per heavy atom. The summed E-state index contributed by atoms with van der Waals surface area (Å²) in [6.07, 6.45) is 0. The van der Waals surface area contributed by atoms with Crippen molar-refractivity contribution in [1.29, 1.82) is 0 Å². The van der Waals surface area contributed by atoms with Gasteiger partial charge in [-0.3, -0.25) is 4.79 Å². The van der Waals surface area contributed by atoms with Crippen LogP contribution in [-0.4, -0.2) is 32.2 Å². The number of anilines is 1. The summed E-state index contributed by atoms with van der Waals surface area (Å²) in [5, 5.41) is 4.76. The van der Waals surface area contributed by atoms with Gasteiger partial charge in [0, 0.05) is 12.1 Å². The number of thiophene rings is 1. The highest BCUT2D eigenvalue weighted by atomic mass is 35.5. The second-order valence-electron chi connectivity index (χ2n) is 6.30. The third-order valence-electron chi connectivity index (χ3n) is 3.99. The average molecular weight is 451 g/mol. The van der Waals surface area contributed by atoms with Gasteiger partial charge in [-0.15, -0.1) is 11.3 Å². The first-order chi connectivity index (χ1) is 13.8. The van der Waals surface area contributed by atoms with Crippen LogP contribution in [0.15, 0.2) is 64.2 Å². The lowest BCUT2D eigenvalue weighted by Gasteiger charge is -2.17. The van der Waals surface area contributed by atoms with E-state index < -0.39 is 15.9 Å². The molecule has 152 valence electrons. The molecule has 1 N–H and O–H groups in total. The van der Waals surface area contributed by atoms with Gasteiger partial charge in [0.1, 0.15) is 9.96 Å². The zero-order valence-electron chi connectivity index (χ0n) is 15.8. The molecule has 1 heterocycles. The summed E-state index contributed by atoms with van der Waals surface area (Å²) in [7, 11) is -2.36. The first-order valence-corrected chi connectivity index (χ1v) is 11.3. The van der Waals surface area contributed by atoms with E-state index in [4.69, 9.17) is 16.3 Å². The van der Waals surface area contributed by atoms with Crippen molar-refractivity contribution in [3.63, 3.8) is 0 Å². The monoisotopic (exact) mass is 450 g/mol. The molecule has 3 aromatic rings. The van der Waals surface area contributed by atoms with Crippen molar-refractivity contribution in [2.75, 3.05) is 18.9 Å². The van der Waals surface area contributed by atoms with E-state index in [-0.39, 0.29) is 10.8 Å². The highest BCUT2D eigenvalue weighted by molar-refractivity contribution is 7.91. The summed E-state index contributed by atoms with van der Waals surface area (Å²) in [6, 6.07) is 15.4. The molecule has 0 fully saturated rings. The Labute approximate surface area is 178 Å². The minimum absolute atomic E-state index is 0.180. The van der Waals surface area contributed by atoms with Crippen LogP contribution in [0.25, 0.3) is 0 Å². The molecule has 0 aliphatic carbocycles. The number of ether oxygens (including phenoxy) is 1. The molecule has 0 radical (unpaired) electrons. The molecule has 2 aromatic carbocycles. The lowest BCUT2D eigenvalue weighted by Crippen LogP contribution is -2.34. The van der Waals surface area contributed by atoms with Crippen molar-refractivity contribution in [1.82, 2.24) is 4.31 Å². The maximum absolute atomic E-state index is 12.5. The van der Waals surface area contributed by atoms with Gasteiger partial charge in [-0.2, -0.15) is 4.31 Å². The minimum Gasteiger partial charge on any atom is -0.455 e. The Bertz CT molecular complexity index is 1100. The fraction of sp³-hybridized carbons (Fsp3) is 0.150. The second-order valence-corrected chi connectivity index (χ2v) is 9.95. The van der Waals surface area contributed by atoms with E-state index in [0.29, 0.717) is 22.2 Å². The van der Waals surface area contributed by atoms with E-state index in [0.717, 1.165) is 21.2 Å². The highest BCUT2D eigenvalue weighted by Crippen LogP contribution is 2.32. The number of rotatable bonds is 7. The van der Waals surface area contributed by atoms with Crippen LogP contribution >= 0.6 is 22.9 Å². The fourth-order valence-electron chi connectivity index (χ4n) is 2.46. The Hall–Kier alpha value is -2.39. The predicted octanol–water partition coefficient (Wildman–Crippen LogP) is 4.76. The van der Waals surface area contributed by atoms with Gasteiger partial charge in [0.2, 0.25) is 5.91 Å². The number of carbonyl (C=O) groups is 1. The Morgan fingerprint density at radius 2 is 1.90 bits per heavy atom. The second kappa shape index (κ2) is 8.96. The molecule has 1 amide bonds. The number of aryl methyl sites for hydroxylation is 1. The van der Waals surface area contributed by atoms with Crippen molar-refractivity contribution in [2.45, 2.75) is 11.1 Å². The van der Waals surface area contributed by atoms with Gasteiger partial charge in [0.05, 0.1) is 12.2 Å². The van der Waals surface area contributed by atoms with E-state index in [1.54, 1.807) is 29.6 Å². The van der Waals surface area contributed by atoms with Crippen LogP contribution in [-0.2, 0) is 14.8 Å². The molecule has 0 unspecified atom stereocenters. The molecular formula is C20H19ClN2O4S2. The average Bonchev–Trinajstić information content (AvgIpc) is 3.21. The summed E-state index contributed by atoms with van der Waals surface area (Å²) in [5.41, 5.74) is 1.45. The maximum atomic E-state index is 12.5. The number of hydrogen-bond donors (Lipinski definition) is 1. The van der Waals surface area contributed by atoms with Crippen LogP contribution < -0.4 is 10.1 Å². The molecular weight excluding hydrogens is 432 g/mol. The molecule has 9 heteroatoms. The van der Waals surface area contributed by atoms with Gasteiger partial charge in [-0.25, -0.2) is 8.42 Å². The van der Waals surface area contributed by atoms with E-state index in [9.17, 15) is 13.2 Å². The topological polar surface area (TPSA) is 75.7 Å². The van der Waals surface area contributed by atoms with Crippen LogP contribution in [0.1, 0.15) is 5.56 Å². The van der Waals surface area contributed by atoms with E-state index >= 15 is 0 Å². The van der Waals surface area contributed by atoms with Gasteiger partial charge in [-0.05, 0) is 48.7 Å². The lowest BCUT2D eigenvalue weighted by molar-refractivity contribution is -0.116. The molecule has 1 aromatic heterocycles. The van der Waals surface area contributed by atoms with Crippen LogP contribution in [0, 0.1) is 6.92 Å². The number of carbonyl (C=O) groups excluding carboxylic acids is 1. The quantitative estimate of drug-likeness (QED) is 0.563. The molecule has 0 aliphatic rings. The highest BCUT2D eigenvalue weighted by Gasteiger charge is 2.24. The smallest absolute Gasteiger partial charge is 0.252 e. The van der Waals surface area contributed by atoms with Crippen LogP contribution in [0.3, 0.4) is 0 Å².